The predicted molar refractivity (Wildman–Crippen MR) is 135 cm³/mol. The minimum absolute atomic E-state index is 0.0100. The Morgan fingerprint density at radius 2 is 2.00 bits per heavy atom. The molecule has 1 saturated heterocycles. The van der Waals surface area contributed by atoms with Crippen LogP contribution in [0.4, 0.5) is 17.5 Å². The molecule has 1 fully saturated rings. The van der Waals surface area contributed by atoms with E-state index < -0.39 is 0 Å². The van der Waals surface area contributed by atoms with Crippen molar-refractivity contribution in [3.05, 3.63) is 59.4 Å². The summed E-state index contributed by atoms with van der Waals surface area (Å²) in [5.41, 5.74) is 5.39. The third-order valence-electron chi connectivity index (χ3n) is 6.95. The van der Waals surface area contributed by atoms with Crippen LogP contribution in [-0.2, 0) is 5.41 Å². The number of aromatic nitrogens is 3. The van der Waals surface area contributed by atoms with Crippen LogP contribution in [0.2, 0.25) is 0 Å². The molecule has 2 aliphatic rings. The van der Waals surface area contributed by atoms with E-state index in [0.29, 0.717) is 24.6 Å². The number of aryl methyl sites for hydroxylation is 1. The summed E-state index contributed by atoms with van der Waals surface area (Å²) >= 11 is 0. The average Bonchev–Trinajstić information content (AvgIpc) is 3.19. The molecule has 0 bridgehead atoms. The van der Waals surface area contributed by atoms with Crippen molar-refractivity contribution in [3.63, 3.8) is 0 Å². The molecule has 8 nitrogen and oxygen atoms in total. The number of likely N-dealkylation sites (tertiary alicyclic amines) is 1. The van der Waals surface area contributed by atoms with E-state index in [4.69, 9.17) is 10.2 Å². The Hall–Kier alpha value is -3.99. The molecule has 1 amide bonds. The van der Waals surface area contributed by atoms with Gasteiger partial charge in [-0.05, 0) is 55.7 Å². The molecule has 1 aromatic carbocycles. The van der Waals surface area contributed by atoms with Gasteiger partial charge in [0, 0.05) is 65.7 Å². The first kappa shape index (κ1) is 22.8. The van der Waals surface area contributed by atoms with Gasteiger partial charge < -0.3 is 15.5 Å². The average molecular weight is 468 g/mol. The maximum absolute atomic E-state index is 12.9. The van der Waals surface area contributed by atoms with Gasteiger partial charge in [-0.1, -0.05) is 13.8 Å². The Balaban J connectivity index is 1.32. The Morgan fingerprint density at radius 1 is 1.20 bits per heavy atom. The topological polar surface area (TPSA) is 107 Å². The fraction of sp³-hybridized carbons (Fsp3) is 0.370. The number of hydrogen-bond acceptors (Lipinski definition) is 7. The number of nitrogens with one attached hydrogen (secondary N) is 2. The van der Waals surface area contributed by atoms with Crippen molar-refractivity contribution in [1.82, 2.24) is 19.9 Å². The molecule has 0 saturated carbocycles. The minimum atomic E-state index is 0.0100. The van der Waals surface area contributed by atoms with E-state index in [-0.39, 0.29) is 17.2 Å². The first-order valence-electron chi connectivity index (χ1n) is 12.0. The number of hydrogen-bond donors (Lipinski definition) is 2. The van der Waals surface area contributed by atoms with Crippen LogP contribution < -0.4 is 10.6 Å². The summed E-state index contributed by atoms with van der Waals surface area (Å²) in [6.07, 6.45) is 5.05. The maximum Gasteiger partial charge on any atom is 0.253 e. The lowest BCUT2D eigenvalue weighted by atomic mass is 9.87. The molecule has 178 valence electrons. The van der Waals surface area contributed by atoms with Gasteiger partial charge in [-0.3, -0.25) is 4.79 Å². The lowest BCUT2D eigenvalue weighted by Crippen LogP contribution is -2.38. The van der Waals surface area contributed by atoms with E-state index in [1.54, 1.807) is 6.20 Å². The molecular formula is C27H29N7O. The Kier molecular flexibility index (Phi) is 5.85. The van der Waals surface area contributed by atoms with Gasteiger partial charge in [0.2, 0.25) is 5.95 Å². The Morgan fingerprint density at radius 3 is 2.74 bits per heavy atom. The van der Waals surface area contributed by atoms with Crippen molar-refractivity contribution < 1.29 is 4.79 Å². The van der Waals surface area contributed by atoms with Crippen LogP contribution >= 0.6 is 0 Å². The highest BCUT2D eigenvalue weighted by Gasteiger charge is 2.31. The minimum Gasteiger partial charge on any atom is -0.369 e. The highest BCUT2D eigenvalue weighted by Crippen LogP contribution is 2.36. The molecule has 35 heavy (non-hydrogen) atoms. The van der Waals surface area contributed by atoms with Crippen LogP contribution in [0.25, 0.3) is 11.3 Å². The largest absolute Gasteiger partial charge is 0.369 e. The smallest absolute Gasteiger partial charge is 0.253 e. The number of carbonyl (C=O) groups is 1. The maximum atomic E-state index is 12.9. The molecule has 8 heteroatoms. The summed E-state index contributed by atoms with van der Waals surface area (Å²) in [5, 5.41) is 15.7. The predicted octanol–water partition coefficient (Wildman–Crippen LogP) is 4.67. The van der Waals surface area contributed by atoms with E-state index >= 15 is 0 Å². The molecule has 0 radical (unpaired) electrons. The number of pyridine rings is 1. The second kappa shape index (κ2) is 8.99. The van der Waals surface area contributed by atoms with E-state index in [1.807, 2.05) is 42.3 Å². The zero-order chi connectivity index (χ0) is 24.6. The lowest BCUT2D eigenvalue weighted by Gasteiger charge is -2.29. The van der Waals surface area contributed by atoms with Crippen molar-refractivity contribution >= 4 is 23.4 Å². The SMILES string of the molecule is Cc1cc(C(=O)N2CCC(C#N)CC2)ccc1Nc1nccc(-c2cnc3c(c2)C(C)(C)CN3)n1. The quantitative estimate of drug-likeness (QED) is 0.574. The third-order valence-corrected chi connectivity index (χ3v) is 6.95. The molecule has 0 unspecified atom stereocenters. The van der Waals surface area contributed by atoms with Gasteiger partial charge in [0.15, 0.2) is 0 Å². The van der Waals surface area contributed by atoms with Gasteiger partial charge in [-0.15, -0.1) is 0 Å². The second-order valence-electron chi connectivity index (χ2n) is 9.97. The Bertz CT molecular complexity index is 1320. The van der Waals surface area contributed by atoms with Crippen molar-refractivity contribution in [1.29, 1.82) is 5.26 Å². The van der Waals surface area contributed by atoms with Crippen LogP contribution in [-0.4, -0.2) is 45.4 Å². The summed E-state index contributed by atoms with van der Waals surface area (Å²) in [7, 11) is 0. The summed E-state index contributed by atoms with van der Waals surface area (Å²) in [6.45, 7) is 8.49. The van der Waals surface area contributed by atoms with Gasteiger partial charge in [0.25, 0.3) is 5.91 Å². The number of nitriles is 1. The number of nitrogens with zero attached hydrogens (tertiary/aromatic N) is 5. The molecule has 4 heterocycles. The molecule has 0 atom stereocenters. The standard InChI is InChI=1S/C27H29N7O/c1-17-12-19(25(35)34-10-7-18(14-28)8-11-34)4-5-22(17)32-26-29-9-6-23(33-26)20-13-21-24(30-15-20)31-16-27(21,2)3/h4-6,9,12-13,15,18H,7-8,10-11,16H2,1-3H3,(H,30,31)(H,29,32,33). The molecule has 0 spiro atoms. The monoisotopic (exact) mass is 467 g/mol. The summed E-state index contributed by atoms with van der Waals surface area (Å²) < 4.78 is 0. The van der Waals surface area contributed by atoms with Crippen LogP contribution in [0.15, 0.2) is 42.7 Å². The van der Waals surface area contributed by atoms with E-state index in [2.05, 4.69) is 46.6 Å². The van der Waals surface area contributed by atoms with Gasteiger partial charge >= 0.3 is 0 Å². The lowest BCUT2D eigenvalue weighted by molar-refractivity contribution is 0.0707. The van der Waals surface area contributed by atoms with Crippen molar-refractivity contribution in [2.45, 2.75) is 39.0 Å². The molecule has 2 aliphatic heterocycles. The van der Waals surface area contributed by atoms with Crippen LogP contribution in [0.1, 0.15) is 48.2 Å². The summed E-state index contributed by atoms with van der Waals surface area (Å²) in [4.78, 5) is 28.5. The number of piperidine rings is 1. The number of rotatable bonds is 4. The zero-order valence-electron chi connectivity index (χ0n) is 20.3. The fourth-order valence-electron chi connectivity index (χ4n) is 4.69. The van der Waals surface area contributed by atoms with Crippen molar-refractivity contribution in [2.24, 2.45) is 5.92 Å². The first-order valence-corrected chi connectivity index (χ1v) is 12.0. The highest BCUT2D eigenvalue weighted by molar-refractivity contribution is 5.95. The summed E-state index contributed by atoms with van der Waals surface area (Å²) in [5.74, 6) is 1.49. The van der Waals surface area contributed by atoms with Gasteiger partial charge in [0.05, 0.1) is 11.8 Å². The summed E-state index contributed by atoms with van der Waals surface area (Å²) in [6, 6.07) is 12.0. The molecular weight excluding hydrogens is 438 g/mol. The fourth-order valence-corrected chi connectivity index (χ4v) is 4.69. The number of fused-ring (bicyclic) bond motifs is 1. The number of benzene rings is 1. The number of anilines is 3. The first-order chi connectivity index (χ1) is 16.8. The van der Waals surface area contributed by atoms with Crippen molar-refractivity contribution in [3.8, 4) is 17.3 Å². The van der Waals surface area contributed by atoms with Gasteiger partial charge in [-0.2, -0.15) is 5.26 Å². The Labute approximate surface area is 205 Å². The van der Waals surface area contributed by atoms with Crippen LogP contribution in [0.3, 0.4) is 0 Å². The zero-order valence-corrected chi connectivity index (χ0v) is 20.3. The second-order valence-corrected chi connectivity index (χ2v) is 9.97. The molecule has 2 N–H and O–H groups in total. The van der Waals surface area contributed by atoms with Crippen LogP contribution in [0, 0.1) is 24.2 Å². The number of carbonyl (C=O) groups excluding carboxylic acids is 1. The van der Waals surface area contributed by atoms with E-state index in [1.165, 1.54) is 5.56 Å². The molecule has 0 aliphatic carbocycles. The van der Waals surface area contributed by atoms with Crippen LogP contribution in [0.5, 0.6) is 0 Å². The molecule has 2 aromatic heterocycles. The van der Waals surface area contributed by atoms with Gasteiger partial charge in [0.1, 0.15) is 5.82 Å². The van der Waals surface area contributed by atoms with E-state index in [9.17, 15) is 4.79 Å². The normalized spacial score (nSPS) is 16.8. The van der Waals surface area contributed by atoms with Crippen molar-refractivity contribution in [2.75, 3.05) is 30.3 Å². The highest BCUT2D eigenvalue weighted by atomic mass is 16.2. The number of amides is 1. The molecule has 5 rings (SSSR count). The molecule has 3 aromatic rings. The van der Waals surface area contributed by atoms with Gasteiger partial charge in [-0.25, -0.2) is 15.0 Å². The third kappa shape index (κ3) is 4.54. The van der Waals surface area contributed by atoms with E-state index in [0.717, 1.165) is 47.7 Å².